The van der Waals surface area contributed by atoms with E-state index in [0.717, 1.165) is 61.5 Å². The molecule has 2 saturated heterocycles. The Balaban J connectivity index is 1.10. The molecule has 4 aromatic rings. The van der Waals surface area contributed by atoms with E-state index in [1.54, 1.807) is 37.6 Å². The summed E-state index contributed by atoms with van der Waals surface area (Å²) in [5.74, 6) is 0.929. The minimum Gasteiger partial charge on any atom is -0.473 e. The molecule has 0 unspecified atom stereocenters. The monoisotopic (exact) mass is 620 g/mol. The summed E-state index contributed by atoms with van der Waals surface area (Å²) in [4.78, 5) is 24.3. The predicted octanol–water partition coefficient (Wildman–Crippen LogP) is 5.35. The summed E-state index contributed by atoms with van der Waals surface area (Å²) in [6.45, 7) is 7.28. The van der Waals surface area contributed by atoms with E-state index in [0.29, 0.717) is 41.3 Å². The molecule has 0 amide bonds. The Labute approximate surface area is 256 Å². The molecular weight excluding hydrogens is 582 g/mol. The Kier molecular flexibility index (Phi) is 8.85. The number of piperidine rings is 1. The van der Waals surface area contributed by atoms with Gasteiger partial charge >= 0.3 is 5.97 Å². The van der Waals surface area contributed by atoms with Crippen LogP contribution in [-0.4, -0.2) is 71.6 Å². The summed E-state index contributed by atoms with van der Waals surface area (Å²) in [7, 11) is -1.14. The smallest absolute Gasteiger partial charge is 0.337 e. The number of ether oxygens (including phenoxy) is 3. The molecule has 0 aliphatic carbocycles. The second kappa shape index (κ2) is 12.8. The number of hydrogen-bond acceptors (Lipinski definition) is 8. The van der Waals surface area contributed by atoms with Crippen LogP contribution in [0.15, 0.2) is 54.6 Å². The van der Waals surface area contributed by atoms with Crippen molar-refractivity contribution >= 4 is 29.4 Å². The van der Waals surface area contributed by atoms with Crippen molar-refractivity contribution in [3.8, 4) is 5.88 Å². The van der Waals surface area contributed by atoms with Crippen molar-refractivity contribution in [1.82, 2.24) is 19.4 Å². The summed E-state index contributed by atoms with van der Waals surface area (Å²) in [5, 5.41) is 0.516. The van der Waals surface area contributed by atoms with E-state index in [-0.39, 0.29) is 18.7 Å². The normalized spacial score (nSPS) is 17.9. The maximum absolute atomic E-state index is 14.6. The fourth-order valence-electron chi connectivity index (χ4n) is 5.84. The molecule has 1 atom stereocenters. The van der Waals surface area contributed by atoms with Crippen LogP contribution < -0.4 is 10.0 Å². The lowest BCUT2D eigenvalue weighted by molar-refractivity contribution is -0.0592. The standard InChI is InChI=1S/C33H38FN4O5P/c1-41-33(39)23-8-10-29-30(17-23)38(19-25-13-16-42-25)31(35-29)20-37-14-11-22(12-15-37)28-5-4-6-32(36-28)43-21-24-7-9-26(18-27(24)34)44(2,3)40/h4-10,17-18,22,25H,11-16,19-21H2,1-3H3/t25-/m0/s1. The fraction of sp³-hybridized carbons (Fsp3) is 0.424. The minimum atomic E-state index is -2.53. The van der Waals surface area contributed by atoms with Crippen LogP contribution in [0.1, 0.15) is 52.6 Å². The number of carbonyl (C=O) groups excluding carboxylic acids is 1. The first-order chi connectivity index (χ1) is 21.2. The van der Waals surface area contributed by atoms with Gasteiger partial charge in [0, 0.05) is 35.2 Å². The molecule has 0 saturated carbocycles. The lowest BCUT2D eigenvalue weighted by Crippen LogP contribution is -2.35. The van der Waals surface area contributed by atoms with E-state index in [4.69, 9.17) is 24.2 Å². The van der Waals surface area contributed by atoms with E-state index in [2.05, 4.69) is 9.47 Å². The number of aromatic nitrogens is 3. The maximum Gasteiger partial charge on any atom is 0.337 e. The lowest BCUT2D eigenvalue weighted by Gasteiger charge is -2.32. The average molecular weight is 621 g/mol. The van der Waals surface area contributed by atoms with Crippen LogP contribution in [0.4, 0.5) is 4.39 Å². The Bertz CT molecular complexity index is 1710. The van der Waals surface area contributed by atoms with Gasteiger partial charge in [0.15, 0.2) is 0 Å². The minimum absolute atomic E-state index is 0.0484. The van der Waals surface area contributed by atoms with Crippen LogP contribution in [0.5, 0.6) is 5.88 Å². The molecule has 2 fully saturated rings. The molecule has 232 valence electrons. The third-order valence-corrected chi connectivity index (χ3v) is 10.1. The number of hydrogen-bond donors (Lipinski definition) is 0. The van der Waals surface area contributed by atoms with Gasteiger partial charge in [-0.25, -0.2) is 19.2 Å². The highest BCUT2D eigenvalue weighted by Gasteiger charge is 2.26. The molecule has 2 aliphatic heterocycles. The first kappa shape index (κ1) is 30.4. The van der Waals surface area contributed by atoms with Gasteiger partial charge in [-0.1, -0.05) is 18.2 Å². The van der Waals surface area contributed by atoms with Crippen molar-refractivity contribution in [3.63, 3.8) is 0 Å². The van der Waals surface area contributed by atoms with Gasteiger partial charge in [-0.2, -0.15) is 0 Å². The number of methoxy groups -OCH3 is 1. The van der Waals surface area contributed by atoms with Gasteiger partial charge in [0.1, 0.15) is 25.4 Å². The molecule has 9 nitrogen and oxygen atoms in total. The van der Waals surface area contributed by atoms with E-state index >= 15 is 0 Å². The van der Waals surface area contributed by atoms with Crippen molar-refractivity contribution in [2.24, 2.45) is 0 Å². The molecule has 2 aromatic heterocycles. The number of fused-ring (bicyclic) bond motifs is 1. The Morgan fingerprint density at radius 1 is 1.07 bits per heavy atom. The van der Waals surface area contributed by atoms with Crippen molar-refractivity contribution in [2.75, 3.05) is 40.1 Å². The number of rotatable bonds is 10. The van der Waals surface area contributed by atoms with E-state index in [1.807, 2.05) is 24.3 Å². The molecule has 2 aromatic carbocycles. The highest BCUT2D eigenvalue weighted by molar-refractivity contribution is 7.70. The molecular formula is C33H38FN4O5P. The zero-order valence-corrected chi connectivity index (χ0v) is 26.3. The average Bonchev–Trinajstić information content (AvgIpc) is 3.33. The Morgan fingerprint density at radius 2 is 1.86 bits per heavy atom. The maximum atomic E-state index is 14.6. The van der Waals surface area contributed by atoms with Crippen LogP contribution in [-0.2, 0) is 33.7 Å². The highest BCUT2D eigenvalue weighted by Crippen LogP contribution is 2.35. The fourth-order valence-corrected chi connectivity index (χ4v) is 6.70. The Hall–Kier alpha value is -3.59. The molecule has 0 radical (unpaired) electrons. The molecule has 0 spiro atoms. The molecule has 0 bridgehead atoms. The summed E-state index contributed by atoms with van der Waals surface area (Å²) >= 11 is 0. The topological polar surface area (TPSA) is 95.8 Å². The number of nitrogens with zero attached hydrogens (tertiary/aromatic N) is 4. The second-order valence-corrected chi connectivity index (χ2v) is 15.2. The SMILES string of the molecule is COC(=O)c1ccc2nc(CN3CCC(c4cccc(OCc5ccc(P(C)(C)=O)cc5F)n4)CC3)n(C[C@@H]3CCO3)c2c1. The molecule has 4 heterocycles. The molecule has 44 heavy (non-hydrogen) atoms. The summed E-state index contributed by atoms with van der Waals surface area (Å²) in [6.07, 6.45) is 3.05. The number of esters is 1. The van der Waals surface area contributed by atoms with Gasteiger partial charge in [-0.3, -0.25) is 4.90 Å². The molecule has 6 rings (SSSR count). The van der Waals surface area contributed by atoms with Crippen LogP contribution in [0.2, 0.25) is 0 Å². The predicted molar refractivity (Wildman–Crippen MR) is 167 cm³/mol. The quantitative estimate of drug-likeness (QED) is 0.173. The molecule has 0 N–H and O–H groups in total. The molecule has 2 aliphatic rings. The highest BCUT2D eigenvalue weighted by atomic mass is 31.2. The first-order valence-corrected chi connectivity index (χ1v) is 17.6. The number of carbonyl (C=O) groups is 1. The number of halogens is 1. The number of pyridine rings is 1. The van der Waals surface area contributed by atoms with Crippen molar-refractivity contribution in [3.05, 3.63) is 83.1 Å². The number of benzene rings is 2. The Morgan fingerprint density at radius 3 is 2.55 bits per heavy atom. The lowest BCUT2D eigenvalue weighted by atomic mass is 9.93. The van der Waals surface area contributed by atoms with Crippen molar-refractivity contribution in [1.29, 1.82) is 0 Å². The van der Waals surface area contributed by atoms with Crippen molar-refractivity contribution in [2.45, 2.75) is 51.0 Å². The summed E-state index contributed by atoms with van der Waals surface area (Å²) in [5.41, 5.74) is 3.66. The molecule has 11 heteroatoms. The van der Waals surface area contributed by atoms with Crippen LogP contribution >= 0.6 is 7.14 Å². The zero-order valence-electron chi connectivity index (χ0n) is 25.4. The number of imidazole rings is 1. The van der Waals surface area contributed by atoms with Gasteiger partial charge in [-0.05, 0) is 76.0 Å². The summed E-state index contributed by atoms with van der Waals surface area (Å²) < 4.78 is 45.6. The van der Waals surface area contributed by atoms with Crippen molar-refractivity contribution < 1.29 is 28.0 Å². The van der Waals surface area contributed by atoms with Crippen LogP contribution in [0.3, 0.4) is 0 Å². The van der Waals surface area contributed by atoms with Gasteiger partial charge < -0.3 is 23.3 Å². The van der Waals surface area contributed by atoms with Gasteiger partial charge in [0.2, 0.25) is 5.88 Å². The van der Waals surface area contributed by atoms with E-state index in [1.165, 1.54) is 13.2 Å². The summed E-state index contributed by atoms with van der Waals surface area (Å²) in [6, 6.07) is 15.9. The second-order valence-electron chi connectivity index (χ2n) is 12.0. The van der Waals surface area contributed by atoms with Gasteiger partial charge in [0.25, 0.3) is 0 Å². The number of likely N-dealkylation sites (tertiary alicyclic amines) is 1. The largest absolute Gasteiger partial charge is 0.473 e. The third kappa shape index (κ3) is 6.72. The first-order valence-electron chi connectivity index (χ1n) is 15.0. The van der Waals surface area contributed by atoms with Crippen LogP contribution in [0.25, 0.3) is 11.0 Å². The van der Waals surface area contributed by atoms with Crippen LogP contribution in [0, 0.1) is 5.82 Å². The van der Waals surface area contributed by atoms with Gasteiger partial charge in [-0.15, -0.1) is 0 Å². The van der Waals surface area contributed by atoms with E-state index in [9.17, 15) is 13.8 Å². The van der Waals surface area contributed by atoms with Gasteiger partial charge in [0.05, 0.1) is 42.9 Å². The van der Waals surface area contributed by atoms with E-state index < -0.39 is 13.0 Å². The zero-order chi connectivity index (χ0) is 30.8. The third-order valence-electron chi connectivity index (χ3n) is 8.58.